The van der Waals surface area contributed by atoms with Gasteiger partial charge in [0.05, 0.1) is 11.7 Å². The molecule has 18 heavy (non-hydrogen) atoms. The van der Waals surface area contributed by atoms with E-state index in [2.05, 4.69) is 6.92 Å². The van der Waals surface area contributed by atoms with Crippen LogP contribution in [0.15, 0.2) is 23.3 Å². The largest absolute Gasteiger partial charge is 0.412 e. The van der Waals surface area contributed by atoms with Crippen molar-refractivity contribution in [2.75, 3.05) is 0 Å². The maximum absolute atomic E-state index is 11.8. The Morgan fingerprint density at radius 1 is 1.44 bits per heavy atom. The number of Topliss-reactive ketones (excluding diaryl/α,β-unsaturated/α-hetero) is 1. The first-order valence-electron chi connectivity index (χ1n) is 6.04. The van der Waals surface area contributed by atoms with Crippen molar-refractivity contribution in [2.24, 2.45) is 11.3 Å². The van der Waals surface area contributed by atoms with E-state index in [-0.39, 0.29) is 28.0 Å². The summed E-state index contributed by atoms with van der Waals surface area (Å²) in [5.74, 6) is -0.128. The van der Waals surface area contributed by atoms with Crippen LogP contribution in [0.1, 0.15) is 33.6 Å². The molecule has 0 aromatic heterocycles. The highest BCUT2D eigenvalue weighted by molar-refractivity contribution is 6.24. The maximum atomic E-state index is 11.8. The molecule has 0 radical (unpaired) electrons. The van der Waals surface area contributed by atoms with Gasteiger partial charge in [0.15, 0.2) is 11.6 Å². The Balaban J connectivity index is 0.00000162. The van der Waals surface area contributed by atoms with Crippen molar-refractivity contribution >= 4 is 11.6 Å². The predicted octanol–water partition coefficient (Wildman–Crippen LogP) is 0.983. The molecule has 0 aromatic carbocycles. The van der Waals surface area contributed by atoms with Gasteiger partial charge in [0.2, 0.25) is 0 Å². The first-order chi connectivity index (χ1) is 7.86. The number of ketones is 2. The third kappa shape index (κ3) is 2.06. The van der Waals surface area contributed by atoms with Gasteiger partial charge in [-0.3, -0.25) is 9.59 Å². The molecule has 100 valence electrons. The quantitative estimate of drug-likeness (QED) is 0.706. The molecular formula is C14H20O4. The lowest BCUT2D eigenvalue weighted by molar-refractivity contribution is -0.118. The molecule has 0 heterocycles. The third-order valence-electron chi connectivity index (χ3n) is 4.25. The molecule has 0 spiro atoms. The van der Waals surface area contributed by atoms with Gasteiger partial charge in [-0.15, -0.1) is 0 Å². The van der Waals surface area contributed by atoms with E-state index in [0.29, 0.717) is 12.3 Å². The van der Waals surface area contributed by atoms with Gasteiger partial charge in [0.25, 0.3) is 0 Å². The van der Waals surface area contributed by atoms with Gasteiger partial charge in [-0.25, -0.2) is 0 Å². The molecule has 4 heteroatoms. The van der Waals surface area contributed by atoms with Crippen LogP contribution in [0, 0.1) is 11.3 Å². The molecule has 3 atom stereocenters. The Labute approximate surface area is 107 Å². The minimum atomic E-state index is -0.551. The van der Waals surface area contributed by atoms with E-state index in [1.165, 1.54) is 13.0 Å². The van der Waals surface area contributed by atoms with E-state index in [1.54, 1.807) is 6.08 Å². The van der Waals surface area contributed by atoms with Crippen molar-refractivity contribution < 1.29 is 20.2 Å². The van der Waals surface area contributed by atoms with Crippen LogP contribution in [-0.4, -0.2) is 28.3 Å². The summed E-state index contributed by atoms with van der Waals surface area (Å²) in [5.41, 5.74) is 0.676. The highest BCUT2D eigenvalue weighted by Crippen LogP contribution is 2.48. The fraction of sp³-hybridized carbons (Fsp3) is 0.571. The van der Waals surface area contributed by atoms with E-state index in [4.69, 9.17) is 0 Å². The second-order valence-corrected chi connectivity index (χ2v) is 5.36. The summed E-state index contributed by atoms with van der Waals surface area (Å²) in [6, 6.07) is 0. The molecule has 3 N–H and O–H groups in total. The van der Waals surface area contributed by atoms with E-state index in [1.807, 2.05) is 6.92 Å². The zero-order chi connectivity index (χ0) is 12.8. The van der Waals surface area contributed by atoms with Crippen molar-refractivity contribution in [1.29, 1.82) is 0 Å². The fourth-order valence-corrected chi connectivity index (χ4v) is 2.85. The van der Waals surface area contributed by atoms with Crippen molar-refractivity contribution in [2.45, 2.75) is 39.7 Å². The Kier molecular flexibility index (Phi) is 3.93. The summed E-state index contributed by atoms with van der Waals surface area (Å²) >= 11 is 0. The molecule has 2 aliphatic carbocycles. The third-order valence-corrected chi connectivity index (χ3v) is 4.25. The van der Waals surface area contributed by atoms with E-state index >= 15 is 0 Å². The smallest absolute Gasteiger partial charge is 0.189 e. The zero-order valence-corrected chi connectivity index (χ0v) is 11.0. The number of fused-ring (bicyclic) bond motifs is 1. The van der Waals surface area contributed by atoms with Gasteiger partial charge in [0, 0.05) is 5.41 Å². The molecule has 0 unspecified atom stereocenters. The Hall–Kier alpha value is -1.26. The minimum Gasteiger partial charge on any atom is -0.412 e. The molecule has 2 rings (SSSR count). The van der Waals surface area contributed by atoms with E-state index in [0.717, 1.165) is 12.0 Å². The highest BCUT2D eigenvalue weighted by atomic mass is 16.3. The number of rotatable bonds is 1. The normalized spacial score (nSPS) is 35.0. The molecule has 2 aliphatic rings. The molecule has 0 aromatic rings. The van der Waals surface area contributed by atoms with Gasteiger partial charge in [-0.2, -0.15) is 0 Å². The number of carbonyl (C=O) groups is 2. The highest BCUT2D eigenvalue weighted by Gasteiger charge is 2.43. The average molecular weight is 252 g/mol. The van der Waals surface area contributed by atoms with Crippen LogP contribution in [0.2, 0.25) is 0 Å². The first kappa shape index (κ1) is 14.8. The van der Waals surface area contributed by atoms with Crippen LogP contribution in [0.3, 0.4) is 0 Å². The van der Waals surface area contributed by atoms with E-state index in [9.17, 15) is 14.7 Å². The van der Waals surface area contributed by atoms with Crippen molar-refractivity contribution in [3.05, 3.63) is 23.3 Å². The monoisotopic (exact) mass is 252 g/mol. The minimum absolute atomic E-state index is 0. The van der Waals surface area contributed by atoms with Gasteiger partial charge < -0.3 is 10.6 Å². The number of allylic oxidation sites excluding steroid dienone is 3. The second-order valence-electron chi connectivity index (χ2n) is 5.36. The van der Waals surface area contributed by atoms with Crippen LogP contribution in [-0.2, 0) is 9.59 Å². The summed E-state index contributed by atoms with van der Waals surface area (Å²) < 4.78 is 0. The molecule has 1 saturated carbocycles. The molecular weight excluding hydrogens is 232 g/mol. The zero-order valence-electron chi connectivity index (χ0n) is 11.0. The van der Waals surface area contributed by atoms with Crippen LogP contribution in [0.5, 0.6) is 0 Å². The van der Waals surface area contributed by atoms with Crippen molar-refractivity contribution in [1.82, 2.24) is 0 Å². The lowest BCUT2D eigenvalue weighted by Crippen LogP contribution is -2.40. The lowest BCUT2D eigenvalue weighted by atomic mass is 9.61. The topological polar surface area (TPSA) is 85.9 Å². The molecule has 1 fully saturated rings. The standard InChI is InChI=1S/C14H18O3.H2O/c1-8-4-5-12(16)11-6-13(17)10(9(2)15)7-14(8,11)3;/h6-8,12,16H,4-5H2,1-3H3;1H2/t8-,12+,14+;/m0./s1. The fourth-order valence-electron chi connectivity index (χ4n) is 2.85. The molecule has 0 saturated heterocycles. The Bertz CT molecular complexity index is 447. The molecule has 0 bridgehead atoms. The summed E-state index contributed by atoms with van der Waals surface area (Å²) in [6.45, 7) is 5.51. The van der Waals surface area contributed by atoms with Crippen LogP contribution < -0.4 is 0 Å². The van der Waals surface area contributed by atoms with Crippen molar-refractivity contribution in [3.8, 4) is 0 Å². The number of carbonyl (C=O) groups excluding carboxylic acids is 2. The lowest BCUT2D eigenvalue weighted by Gasteiger charge is -2.44. The summed E-state index contributed by atoms with van der Waals surface area (Å²) in [4.78, 5) is 23.2. The van der Waals surface area contributed by atoms with Crippen LogP contribution in [0.4, 0.5) is 0 Å². The van der Waals surface area contributed by atoms with Crippen LogP contribution >= 0.6 is 0 Å². The number of aliphatic hydroxyl groups excluding tert-OH is 1. The van der Waals surface area contributed by atoms with E-state index < -0.39 is 6.10 Å². The number of aliphatic hydroxyl groups is 1. The Morgan fingerprint density at radius 2 is 2.06 bits per heavy atom. The summed E-state index contributed by atoms with van der Waals surface area (Å²) in [7, 11) is 0. The molecule has 0 aliphatic heterocycles. The summed E-state index contributed by atoms with van der Waals surface area (Å²) in [5, 5.41) is 10.00. The first-order valence-corrected chi connectivity index (χ1v) is 6.04. The SMILES string of the molecule is CC(=O)C1=C[C@@]2(C)C(=CC1=O)[C@H](O)CC[C@@H]2C.O. The number of hydrogen-bond acceptors (Lipinski definition) is 3. The second kappa shape index (κ2) is 4.78. The van der Waals surface area contributed by atoms with Gasteiger partial charge in [0.1, 0.15) is 0 Å². The molecule has 0 amide bonds. The van der Waals surface area contributed by atoms with Gasteiger partial charge in [-0.1, -0.05) is 19.9 Å². The van der Waals surface area contributed by atoms with Gasteiger partial charge >= 0.3 is 0 Å². The maximum Gasteiger partial charge on any atom is 0.189 e. The van der Waals surface area contributed by atoms with Crippen LogP contribution in [0.25, 0.3) is 0 Å². The summed E-state index contributed by atoms with van der Waals surface area (Å²) in [6.07, 6.45) is 4.28. The van der Waals surface area contributed by atoms with Gasteiger partial charge in [-0.05, 0) is 37.3 Å². The Morgan fingerprint density at radius 3 is 2.61 bits per heavy atom. The average Bonchev–Trinajstić information content (AvgIpc) is 2.26. The predicted molar refractivity (Wildman–Crippen MR) is 68.0 cm³/mol. The van der Waals surface area contributed by atoms with Crippen molar-refractivity contribution in [3.63, 3.8) is 0 Å². The molecule has 4 nitrogen and oxygen atoms in total. The number of hydrogen-bond donors (Lipinski definition) is 1.